The van der Waals surface area contributed by atoms with Crippen molar-refractivity contribution < 1.29 is 4.74 Å². The van der Waals surface area contributed by atoms with Crippen LogP contribution in [0.5, 0.6) is 5.75 Å². The number of ether oxygens (including phenoxy) is 1. The van der Waals surface area contributed by atoms with Crippen molar-refractivity contribution in [2.24, 2.45) is 0 Å². The van der Waals surface area contributed by atoms with Crippen molar-refractivity contribution in [2.75, 3.05) is 11.9 Å². The average molecular weight is 252 g/mol. The van der Waals surface area contributed by atoms with E-state index in [-0.39, 0.29) is 6.61 Å². The number of aromatic nitrogens is 1. The largest absolute Gasteiger partial charge is 0.481 e. The normalized spacial score (nSPS) is 9.68. The van der Waals surface area contributed by atoms with Crippen molar-refractivity contribution in [1.29, 1.82) is 0 Å². The van der Waals surface area contributed by atoms with Crippen LogP contribution in [0.25, 0.3) is 0 Å². The molecule has 3 heteroatoms. The van der Waals surface area contributed by atoms with E-state index in [2.05, 4.69) is 22.3 Å². The van der Waals surface area contributed by atoms with Crippen molar-refractivity contribution in [3.05, 3.63) is 53.9 Å². The van der Waals surface area contributed by atoms with Gasteiger partial charge in [0.1, 0.15) is 12.4 Å². The highest BCUT2D eigenvalue weighted by atomic mass is 16.5. The van der Waals surface area contributed by atoms with Gasteiger partial charge in [-0.1, -0.05) is 24.1 Å². The molecule has 1 aromatic heterocycles. The van der Waals surface area contributed by atoms with Crippen molar-refractivity contribution >= 4 is 5.69 Å². The number of rotatable bonds is 5. The number of pyridine rings is 1. The molecule has 0 radical (unpaired) electrons. The van der Waals surface area contributed by atoms with Gasteiger partial charge in [-0.15, -0.1) is 6.42 Å². The Bertz CT molecular complexity index is 587. The molecule has 0 spiro atoms. The van der Waals surface area contributed by atoms with Crippen LogP contribution in [-0.4, -0.2) is 11.6 Å². The van der Waals surface area contributed by atoms with E-state index in [0.717, 1.165) is 22.6 Å². The number of terminal acetylenes is 1. The molecule has 0 unspecified atom stereocenters. The first-order valence-electron chi connectivity index (χ1n) is 6.09. The van der Waals surface area contributed by atoms with Crippen molar-refractivity contribution in [3.8, 4) is 18.1 Å². The molecule has 0 amide bonds. The van der Waals surface area contributed by atoms with Crippen molar-refractivity contribution in [1.82, 2.24) is 4.98 Å². The lowest BCUT2D eigenvalue weighted by Crippen LogP contribution is -2.03. The average Bonchev–Trinajstić information content (AvgIpc) is 2.44. The molecule has 0 bridgehead atoms. The van der Waals surface area contributed by atoms with Crippen LogP contribution in [0.4, 0.5) is 5.69 Å². The second kappa shape index (κ2) is 6.46. The Labute approximate surface area is 113 Å². The van der Waals surface area contributed by atoms with Gasteiger partial charge in [-0.25, -0.2) is 0 Å². The first kappa shape index (κ1) is 13.0. The maximum Gasteiger partial charge on any atom is 0.148 e. The molecule has 0 aliphatic heterocycles. The maximum atomic E-state index is 5.51. The van der Waals surface area contributed by atoms with Gasteiger partial charge in [0.25, 0.3) is 0 Å². The number of nitrogens with zero attached hydrogens (tertiary/aromatic N) is 1. The number of hydrogen-bond donors (Lipinski definition) is 1. The molecule has 1 aromatic carbocycles. The lowest BCUT2D eigenvalue weighted by atomic mass is 10.2. The predicted molar refractivity (Wildman–Crippen MR) is 77.1 cm³/mol. The zero-order chi connectivity index (χ0) is 13.5. The van der Waals surface area contributed by atoms with Crippen LogP contribution in [0.1, 0.15) is 11.1 Å². The predicted octanol–water partition coefficient (Wildman–Crippen LogP) is 3.01. The van der Waals surface area contributed by atoms with Crippen LogP contribution in [0.3, 0.4) is 0 Å². The zero-order valence-corrected chi connectivity index (χ0v) is 10.9. The number of para-hydroxylation sites is 1. The summed E-state index contributed by atoms with van der Waals surface area (Å²) in [6.45, 7) is 2.97. The molecule has 19 heavy (non-hydrogen) atoms. The van der Waals surface area contributed by atoms with E-state index in [1.54, 1.807) is 6.20 Å². The molecule has 3 nitrogen and oxygen atoms in total. The summed E-state index contributed by atoms with van der Waals surface area (Å²) in [5.41, 5.74) is 3.19. The van der Waals surface area contributed by atoms with E-state index >= 15 is 0 Å². The molecule has 96 valence electrons. The van der Waals surface area contributed by atoms with Crippen LogP contribution in [0.15, 0.2) is 42.7 Å². The lowest BCUT2D eigenvalue weighted by Gasteiger charge is -2.11. The summed E-state index contributed by atoms with van der Waals surface area (Å²) in [6.07, 6.45) is 8.84. The maximum absolute atomic E-state index is 5.51. The van der Waals surface area contributed by atoms with Gasteiger partial charge in [0.05, 0.1) is 5.69 Å². The fourth-order valence-corrected chi connectivity index (χ4v) is 1.76. The van der Waals surface area contributed by atoms with Crippen LogP contribution in [-0.2, 0) is 6.54 Å². The van der Waals surface area contributed by atoms with Crippen LogP contribution in [0.2, 0.25) is 0 Å². The Morgan fingerprint density at radius 3 is 2.95 bits per heavy atom. The third-order valence-corrected chi connectivity index (χ3v) is 2.64. The second-order valence-electron chi connectivity index (χ2n) is 4.21. The lowest BCUT2D eigenvalue weighted by molar-refractivity contribution is 0.366. The number of hydrogen-bond acceptors (Lipinski definition) is 3. The van der Waals surface area contributed by atoms with E-state index < -0.39 is 0 Å². The minimum Gasteiger partial charge on any atom is -0.481 e. The minimum atomic E-state index is 0.281. The van der Waals surface area contributed by atoms with E-state index in [1.165, 1.54) is 0 Å². The molecule has 0 aliphatic rings. The number of nitrogens with one attached hydrogen (secondary N) is 1. The number of benzene rings is 1. The Kier molecular flexibility index (Phi) is 4.41. The fourth-order valence-electron chi connectivity index (χ4n) is 1.76. The van der Waals surface area contributed by atoms with E-state index in [4.69, 9.17) is 11.2 Å². The zero-order valence-electron chi connectivity index (χ0n) is 10.9. The van der Waals surface area contributed by atoms with Gasteiger partial charge in [-0.3, -0.25) is 4.98 Å². The van der Waals surface area contributed by atoms with Gasteiger partial charge in [0, 0.05) is 24.5 Å². The van der Waals surface area contributed by atoms with Crippen LogP contribution >= 0.6 is 0 Å². The third-order valence-electron chi connectivity index (χ3n) is 2.64. The van der Waals surface area contributed by atoms with Gasteiger partial charge in [0.15, 0.2) is 0 Å². The molecule has 2 aromatic rings. The highest BCUT2D eigenvalue weighted by Crippen LogP contribution is 2.19. The summed E-state index contributed by atoms with van der Waals surface area (Å²) in [5.74, 6) is 3.29. The van der Waals surface area contributed by atoms with Gasteiger partial charge in [-0.2, -0.15) is 0 Å². The van der Waals surface area contributed by atoms with Crippen molar-refractivity contribution in [3.63, 3.8) is 0 Å². The molecule has 0 saturated heterocycles. The van der Waals surface area contributed by atoms with Crippen LogP contribution in [0, 0.1) is 19.3 Å². The smallest absolute Gasteiger partial charge is 0.148 e. The SMILES string of the molecule is C#CCOc1ccccc1CNc1cncc(C)c1. The minimum absolute atomic E-state index is 0.281. The van der Waals surface area contributed by atoms with Crippen LogP contribution < -0.4 is 10.1 Å². The Balaban J connectivity index is 2.05. The Hall–Kier alpha value is -2.47. The molecular weight excluding hydrogens is 236 g/mol. The van der Waals surface area contributed by atoms with Gasteiger partial charge < -0.3 is 10.1 Å². The molecule has 0 atom stereocenters. The summed E-state index contributed by atoms with van der Waals surface area (Å²) < 4.78 is 5.51. The standard InChI is InChI=1S/C16H16N2O/c1-3-8-19-16-7-5-4-6-14(16)11-18-15-9-13(2)10-17-12-15/h1,4-7,9-10,12,18H,8,11H2,2H3. The Morgan fingerprint density at radius 1 is 1.32 bits per heavy atom. The van der Waals surface area contributed by atoms with Gasteiger partial charge >= 0.3 is 0 Å². The molecular formula is C16H16N2O. The second-order valence-corrected chi connectivity index (χ2v) is 4.21. The van der Waals surface area contributed by atoms with Gasteiger partial charge in [0.2, 0.25) is 0 Å². The molecule has 0 fully saturated rings. The van der Waals surface area contributed by atoms with E-state index in [9.17, 15) is 0 Å². The number of aryl methyl sites for hydroxylation is 1. The summed E-state index contributed by atoms with van der Waals surface area (Å²) in [5, 5.41) is 3.32. The molecule has 2 rings (SSSR count). The van der Waals surface area contributed by atoms with Crippen molar-refractivity contribution in [2.45, 2.75) is 13.5 Å². The van der Waals surface area contributed by atoms with E-state index in [1.807, 2.05) is 37.4 Å². The highest BCUT2D eigenvalue weighted by Gasteiger charge is 2.02. The summed E-state index contributed by atoms with van der Waals surface area (Å²) in [7, 11) is 0. The molecule has 1 N–H and O–H groups in total. The molecule has 1 heterocycles. The summed E-state index contributed by atoms with van der Waals surface area (Å²) >= 11 is 0. The molecule has 0 saturated carbocycles. The van der Waals surface area contributed by atoms with Gasteiger partial charge in [-0.05, 0) is 24.6 Å². The first-order chi connectivity index (χ1) is 9.29. The quantitative estimate of drug-likeness (QED) is 0.831. The van der Waals surface area contributed by atoms with E-state index in [0.29, 0.717) is 6.54 Å². The molecule has 0 aliphatic carbocycles. The highest BCUT2D eigenvalue weighted by molar-refractivity contribution is 5.45. The first-order valence-corrected chi connectivity index (χ1v) is 6.09. The fraction of sp³-hybridized carbons (Fsp3) is 0.188. The monoisotopic (exact) mass is 252 g/mol. The number of anilines is 1. The Morgan fingerprint density at radius 2 is 2.16 bits per heavy atom. The summed E-state index contributed by atoms with van der Waals surface area (Å²) in [6, 6.07) is 9.90. The topological polar surface area (TPSA) is 34.1 Å². The third kappa shape index (κ3) is 3.75. The summed E-state index contributed by atoms with van der Waals surface area (Å²) in [4.78, 5) is 4.15.